The summed E-state index contributed by atoms with van der Waals surface area (Å²) in [5.41, 5.74) is -0.319. The van der Waals surface area contributed by atoms with E-state index in [2.05, 4.69) is 5.16 Å². The van der Waals surface area contributed by atoms with E-state index in [9.17, 15) is 4.79 Å². The van der Waals surface area contributed by atoms with E-state index in [0.717, 1.165) is 0 Å². The first kappa shape index (κ1) is 7.74. The first-order valence-electron chi connectivity index (χ1n) is 2.75. The average Bonchev–Trinajstić information content (AvgIpc) is 2.40. The van der Waals surface area contributed by atoms with E-state index >= 15 is 0 Å². The van der Waals surface area contributed by atoms with Gasteiger partial charge in [-0.15, -0.1) is 11.3 Å². The molecule has 0 aliphatic rings. The predicted molar refractivity (Wildman–Crippen MR) is 40.3 cm³/mol. The summed E-state index contributed by atoms with van der Waals surface area (Å²) in [5.74, 6) is -1.23. The van der Waals surface area contributed by atoms with Crippen LogP contribution in [0.4, 0.5) is 0 Å². The van der Waals surface area contributed by atoms with Crippen LogP contribution in [0.25, 0.3) is 0 Å². The van der Waals surface area contributed by atoms with Gasteiger partial charge >= 0.3 is 5.97 Å². The molecular formula is C6H5NO3S. The Labute approximate surface area is 66.4 Å². The molecule has 0 atom stereocenters. The van der Waals surface area contributed by atoms with Gasteiger partial charge < -0.3 is 10.3 Å². The fraction of sp³-hybridized carbons (Fsp3) is 0. The van der Waals surface area contributed by atoms with Crippen LogP contribution in [0, 0.1) is 0 Å². The monoisotopic (exact) mass is 171 g/mol. The van der Waals surface area contributed by atoms with Crippen LogP contribution in [0.3, 0.4) is 0 Å². The van der Waals surface area contributed by atoms with Gasteiger partial charge in [-0.2, -0.15) is 0 Å². The number of aliphatic carboxylic acids is 1. The molecule has 11 heavy (non-hydrogen) atoms. The molecule has 0 unspecified atom stereocenters. The van der Waals surface area contributed by atoms with Crippen molar-refractivity contribution in [1.82, 2.24) is 0 Å². The molecule has 1 aromatic rings. The molecule has 0 spiro atoms. The van der Waals surface area contributed by atoms with E-state index < -0.39 is 5.97 Å². The Morgan fingerprint density at radius 2 is 2.36 bits per heavy atom. The van der Waals surface area contributed by atoms with Gasteiger partial charge in [0, 0.05) is 0 Å². The lowest BCUT2D eigenvalue weighted by atomic mass is 10.3. The number of nitrogens with zero attached hydrogens (tertiary/aromatic N) is 1. The molecule has 0 amide bonds. The quantitative estimate of drug-likeness (QED) is 0.396. The van der Waals surface area contributed by atoms with Gasteiger partial charge in [-0.3, -0.25) is 0 Å². The number of hydrogen-bond donors (Lipinski definition) is 2. The molecule has 0 saturated heterocycles. The number of hydrogen-bond acceptors (Lipinski definition) is 4. The van der Waals surface area contributed by atoms with E-state index in [1.807, 2.05) is 0 Å². The highest BCUT2D eigenvalue weighted by Crippen LogP contribution is 2.09. The summed E-state index contributed by atoms with van der Waals surface area (Å²) in [6.07, 6.45) is 0. The number of carboxylic acid groups (broad SMARTS) is 1. The lowest BCUT2D eigenvalue weighted by Crippen LogP contribution is -2.12. The number of carboxylic acids is 1. The Morgan fingerprint density at radius 3 is 2.73 bits per heavy atom. The zero-order chi connectivity index (χ0) is 8.27. The maximum Gasteiger partial charge on any atom is 0.359 e. The molecule has 0 fully saturated rings. The van der Waals surface area contributed by atoms with Crippen molar-refractivity contribution in [3.8, 4) is 0 Å². The number of rotatable bonds is 2. The average molecular weight is 171 g/mol. The van der Waals surface area contributed by atoms with Crippen LogP contribution in [0.1, 0.15) is 4.88 Å². The smallest absolute Gasteiger partial charge is 0.359 e. The maximum absolute atomic E-state index is 10.3. The third-order valence-electron chi connectivity index (χ3n) is 1.06. The van der Waals surface area contributed by atoms with Gasteiger partial charge in [-0.25, -0.2) is 4.79 Å². The van der Waals surface area contributed by atoms with Crippen LogP contribution in [-0.2, 0) is 4.79 Å². The molecule has 0 aliphatic heterocycles. The van der Waals surface area contributed by atoms with Crippen LogP contribution in [0.15, 0.2) is 22.7 Å². The largest absolute Gasteiger partial charge is 0.476 e. The Hall–Kier alpha value is -1.36. The first-order chi connectivity index (χ1) is 5.25. The fourth-order valence-electron chi connectivity index (χ4n) is 0.611. The minimum Gasteiger partial charge on any atom is -0.476 e. The Balaban J connectivity index is 2.99. The minimum absolute atomic E-state index is 0.319. The molecule has 1 rings (SSSR count). The molecule has 0 aliphatic carbocycles. The van der Waals surface area contributed by atoms with E-state index in [4.69, 9.17) is 10.3 Å². The van der Waals surface area contributed by atoms with Gasteiger partial charge in [0.05, 0.1) is 4.88 Å². The molecule has 0 bridgehead atoms. The summed E-state index contributed by atoms with van der Waals surface area (Å²) in [7, 11) is 0. The van der Waals surface area contributed by atoms with E-state index in [1.165, 1.54) is 11.3 Å². The zero-order valence-corrected chi connectivity index (χ0v) is 6.21. The van der Waals surface area contributed by atoms with Crippen molar-refractivity contribution in [1.29, 1.82) is 0 Å². The molecule has 1 aromatic heterocycles. The topological polar surface area (TPSA) is 69.9 Å². The van der Waals surface area contributed by atoms with E-state index in [1.54, 1.807) is 17.5 Å². The molecule has 58 valence electrons. The molecule has 0 saturated carbocycles. The van der Waals surface area contributed by atoms with Crippen molar-refractivity contribution in [3.63, 3.8) is 0 Å². The van der Waals surface area contributed by atoms with E-state index in [0.29, 0.717) is 4.88 Å². The van der Waals surface area contributed by atoms with Gasteiger partial charge in [-0.05, 0) is 11.4 Å². The fourth-order valence-corrected chi connectivity index (χ4v) is 1.31. The van der Waals surface area contributed by atoms with Crippen LogP contribution >= 0.6 is 11.3 Å². The molecular weight excluding hydrogens is 166 g/mol. The number of thiophene rings is 1. The Bertz CT molecular complexity index is 278. The van der Waals surface area contributed by atoms with Gasteiger partial charge in [0.1, 0.15) is 0 Å². The second-order valence-electron chi connectivity index (χ2n) is 1.73. The van der Waals surface area contributed by atoms with Gasteiger partial charge in [0.15, 0.2) is 0 Å². The van der Waals surface area contributed by atoms with Gasteiger partial charge in [0.2, 0.25) is 5.71 Å². The third-order valence-corrected chi connectivity index (χ3v) is 1.93. The molecule has 2 N–H and O–H groups in total. The molecule has 1 heterocycles. The first-order valence-corrected chi connectivity index (χ1v) is 3.63. The summed E-state index contributed by atoms with van der Waals surface area (Å²) in [4.78, 5) is 10.8. The van der Waals surface area contributed by atoms with Gasteiger partial charge in [-0.1, -0.05) is 11.2 Å². The second kappa shape index (κ2) is 3.16. The Kier molecular flexibility index (Phi) is 2.22. The molecule has 5 heteroatoms. The van der Waals surface area contributed by atoms with Crippen molar-refractivity contribution in [2.45, 2.75) is 0 Å². The normalized spacial score (nSPS) is 11.5. The Morgan fingerprint density at radius 1 is 1.64 bits per heavy atom. The van der Waals surface area contributed by atoms with Crippen LogP contribution < -0.4 is 0 Å². The maximum atomic E-state index is 10.3. The minimum atomic E-state index is -1.23. The highest BCUT2D eigenvalue weighted by Gasteiger charge is 2.13. The number of oxime groups is 1. The summed E-state index contributed by atoms with van der Waals surface area (Å²) in [5, 5.41) is 21.1. The lowest BCUT2D eigenvalue weighted by molar-refractivity contribution is -0.129. The predicted octanol–water partition coefficient (Wildman–Crippen LogP) is 1.01. The van der Waals surface area contributed by atoms with Crippen molar-refractivity contribution >= 4 is 23.0 Å². The van der Waals surface area contributed by atoms with Crippen LogP contribution in [0.5, 0.6) is 0 Å². The summed E-state index contributed by atoms with van der Waals surface area (Å²) in [6, 6.07) is 3.27. The third kappa shape index (κ3) is 1.56. The van der Waals surface area contributed by atoms with E-state index in [-0.39, 0.29) is 5.71 Å². The van der Waals surface area contributed by atoms with Crippen molar-refractivity contribution < 1.29 is 15.1 Å². The molecule has 0 aromatic carbocycles. The van der Waals surface area contributed by atoms with Crippen LogP contribution in [0.2, 0.25) is 0 Å². The standard InChI is InChI=1S/C6H5NO3S/c8-6(9)5(7-10)4-2-1-3-11-4/h1-3,10H,(H,8,9)/b7-5-. The second-order valence-corrected chi connectivity index (χ2v) is 2.68. The highest BCUT2D eigenvalue weighted by atomic mass is 32.1. The van der Waals surface area contributed by atoms with Crippen molar-refractivity contribution in [2.75, 3.05) is 0 Å². The number of carbonyl (C=O) groups is 1. The SMILES string of the molecule is O=C(O)/C(=N\O)c1cccs1. The highest BCUT2D eigenvalue weighted by molar-refractivity contribution is 7.13. The van der Waals surface area contributed by atoms with Crippen LogP contribution in [-0.4, -0.2) is 22.0 Å². The van der Waals surface area contributed by atoms with Crippen molar-refractivity contribution in [2.24, 2.45) is 5.16 Å². The zero-order valence-electron chi connectivity index (χ0n) is 5.39. The van der Waals surface area contributed by atoms with Crippen molar-refractivity contribution in [3.05, 3.63) is 22.4 Å². The molecule has 4 nitrogen and oxygen atoms in total. The van der Waals surface area contributed by atoms with Gasteiger partial charge in [0.25, 0.3) is 0 Å². The summed E-state index contributed by atoms with van der Waals surface area (Å²) in [6.45, 7) is 0. The lowest BCUT2D eigenvalue weighted by Gasteiger charge is -1.91. The molecule has 0 radical (unpaired) electrons. The summed E-state index contributed by atoms with van der Waals surface area (Å²) >= 11 is 1.21. The summed E-state index contributed by atoms with van der Waals surface area (Å²) < 4.78 is 0.